The molecule has 0 spiro atoms. The first-order valence-corrected chi connectivity index (χ1v) is 12.1. The lowest BCUT2D eigenvalue weighted by Crippen LogP contribution is -2.39. The standard InChI is InChI=1S/C28H26N6O3/c1-18-5-7-20(8-6-18)26-25(27(33-32-26)21-10-13-34(14-11-21)24(36)17-35)23-9-12-30-28(31-23)37-22-4-2-3-19(15-22)16-29/h2-9,12,15,21,35H,10-11,13-14,17H2,1H3,(H,32,33). The molecule has 0 saturated carbocycles. The van der Waals surface area contributed by atoms with Crippen LogP contribution in [0.15, 0.2) is 60.8 Å². The van der Waals surface area contributed by atoms with E-state index in [1.54, 1.807) is 35.4 Å². The summed E-state index contributed by atoms with van der Waals surface area (Å²) in [6.45, 7) is 2.70. The molecule has 0 radical (unpaired) electrons. The van der Waals surface area contributed by atoms with Crippen molar-refractivity contribution in [2.75, 3.05) is 19.7 Å². The molecule has 5 rings (SSSR count). The van der Waals surface area contributed by atoms with Crippen molar-refractivity contribution in [3.05, 3.63) is 77.6 Å². The van der Waals surface area contributed by atoms with E-state index in [9.17, 15) is 15.2 Å². The van der Waals surface area contributed by atoms with Crippen LogP contribution in [-0.4, -0.2) is 55.8 Å². The topological polar surface area (TPSA) is 128 Å². The van der Waals surface area contributed by atoms with Crippen molar-refractivity contribution < 1.29 is 14.6 Å². The van der Waals surface area contributed by atoms with Crippen molar-refractivity contribution in [2.45, 2.75) is 25.7 Å². The van der Waals surface area contributed by atoms with Crippen molar-refractivity contribution >= 4 is 5.91 Å². The van der Waals surface area contributed by atoms with Crippen LogP contribution in [0.2, 0.25) is 0 Å². The highest BCUT2D eigenvalue weighted by Gasteiger charge is 2.29. The molecule has 9 nitrogen and oxygen atoms in total. The number of aliphatic hydroxyl groups excluding tert-OH is 1. The third kappa shape index (κ3) is 5.20. The van der Waals surface area contributed by atoms with Crippen molar-refractivity contribution in [1.29, 1.82) is 5.26 Å². The van der Waals surface area contributed by atoms with Crippen LogP contribution in [0.4, 0.5) is 0 Å². The van der Waals surface area contributed by atoms with Crippen molar-refractivity contribution in [2.24, 2.45) is 0 Å². The third-order valence-electron chi connectivity index (χ3n) is 6.57. The van der Waals surface area contributed by atoms with Gasteiger partial charge in [-0.2, -0.15) is 15.3 Å². The predicted molar refractivity (Wildman–Crippen MR) is 137 cm³/mol. The highest BCUT2D eigenvalue weighted by Crippen LogP contribution is 2.39. The van der Waals surface area contributed by atoms with E-state index in [4.69, 9.17) is 14.8 Å². The Bertz CT molecular complexity index is 1450. The molecule has 2 aromatic heterocycles. The molecule has 0 unspecified atom stereocenters. The van der Waals surface area contributed by atoms with Gasteiger partial charge in [0.1, 0.15) is 18.1 Å². The number of piperidine rings is 1. The summed E-state index contributed by atoms with van der Waals surface area (Å²) in [5.41, 5.74) is 5.85. The molecule has 2 aromatic carbocycles. The molecular weight excluding hydrogens is 468 g/mol. The van der Waals surface area contributed by atoms with Gasteiger partial charge in [0, 0.05) is 42.0 Å². The van der Waals surface area contributed by atoms with Gasteiger partial charge in [-0.05, 0) is 44.0 Å². The average Bonchev–Trinajstić information content (AvgIpc) is 3.38. The second kappa shape index (κ2) is 10.6. The first-order valence-electron chi connectivity index (χ1n) is 12.1. The lowest BCUT2D eigenvalue weighted by atomic mass is 9.88. The minimum atomic E-state index is -0.474. The normalized spacial score (nSPS) is 13.8. The predicted octanol–water partition coefficient (Wildman–Crippen LogP) is 4.20. The summed E-state index contributed by atoms with van der Waals surface area (Å²) in [5, 5.41) is 26.4. The molecule has 1 fully saturated rings. The molecule has 1 aliphatic rings. The van der Waals surface area contributed by atoms with Crippen LogP contribution in [0, 0.1) is 18.3 Å². The Balaban J connectivity index is 1.52. The van der Waals surface area contributed by atoms with E-state index in [1.165, 1.54) is 0 Å². The first-order chi connectivity index (χ1) is 18.1. The highest BCUT2D eigenvalue weighted by atomic mass is 16.5. The fraction of sp³-hybridized carbons (Fsp3) is 0.250. The maximum Gasteiger partial charge on any atom is 0.322 e. The number of nitriles is 1. The van der Waals surface area contributed by atoms with E-state index >= 15 is 0 Å². The van der Waals surface area contributed by atoms with Crippen LogP contribution >= 0.6 is 0 Å². The van der Waals surface area contributed by atoms with Crippen LogP contribution in [0.1, 0.15) is 35.6 Å². The number of aryl methyl sites for hydroxylation is 1. The monoisotopic (exact) mass is 494 g/mol. The number of H-pyrrole nitrogens is 1. The lowest BCUT2D eigenvalue weighted by molar-refractivity contribution is -0.135. The zero-order chi connectivity index (χ0) is 25.8. The molecule has 1 aliphatic heterocycles. The molecule has 1 saturated heterocycles. The van der Waals surface area contributed by atoms with Gasteiger partial charge in [0.05, 0.1) is 17.3 Å². The smallest absolute Gasteiger partial charge is 0.322 e. The number of aromatic nitrogens is 4. The number of nitrogens with one attached hydrogen (secondary N) is 1. The second-order valence-electron chi connectivity index (χ2n) is 9.01. The van der Waals surface area contributed by atoms with Crippen LogP contribution < -0.4 is 4.74 Å². The van der Waals surface area contributed by atoms with Gasteiger partial charge in [0.25, 0.3) is 0 Å². The molecule has 0 aliphatic carbocycles. The molecule has 3 heterocycles. The van der Waals surface area contributed by atoms with Gasteiger partial charge in [-0.25, -0.2) is 4.98 Å². The summed E-state index contributed by atoms with van der Waals surface area (Å²) in [7, 11) is 0. The maximum absolute atomic E-state index is 12.0. The molecular formula is C28H26N6O3. The minimum absolute atomic E-state index is 0.135. The van der Waals surface area contributed by atoms with Gasteiger partial charge in [-0.1, -0.05) is 35.9 Å². The number of carbonyl (C=O) groups is 1. The zero-order valence-electron chi connectivity index (χ0n) is 20.4. The zero-order valence-corrected chi connectivity index (χ0v) is 20.4. The van der Waals surface area contributed by atoms with Gasteiger partial charge in [-0.15, -0.1) is 0 Å². The fourth-order valence-electron chi connectivity index (χ4n) is 4.61. The summed E-state index contributed by atoms with van der Waals surface area (Å²) >= 11 is 0. The van der Waals surface area contributed by atoms with Crippen molar-refractivity contribution in [3.8, 4) is 40.3 Å². The molecule has 2 N–H and O–H groups in total. The number of likely N-dealkylation sites (tertiary alicyclic amines) is 1. The first kappa shape index (κ1) is 24.2. The van der Waals surface area contributed by atoms with E-state index in [1.807, 2.05) is 37.3 Å². The van der Waals surface area contributed by atoms with Crippen LogP contribution in [0.5, 0.6) is 11.8 Å². The summed E-state index contributed by atoms with van der Waals surface area (Å²) in [6.07, 6.45) is 3.12. The number of hydrogen-bond acceptors (Lipinski definition) is 7. The second-order valence-corrected chi connectivity index (χ2v) is 9.01. The SMILES string of the molecule is Cc1ccc(-c2n[nH]c(C3CCN(C(=O)CO)CC3)c2-c2ccnc(Oc3cccc(C#N)c3)n2)cc1. The molecule has 9 heteroatoms. The Labute approximate surface area is 214 Å². The van der Waals surface area contributed by atoms with Gasteiger partial charge >= 0.3 is 6.01 Å². The summed E-state index contributed by atoms with van der Waals surface area (Å²) in [6, 6.07) is 19.1. The Morgan fingerprint density at radius 2 is 1.97 bits per heavy atom. The van der Waals surface area contributed by atoms with Gasteiger partial charge in [-0.3, -0.25) is 9.89 Å². The number of aromatic amines is 1. The number of amides is 1. The van der Waals surface area contributed by atoms with Gasteiger partial charge in [0.15, 0.2) is 0 Å². The molecule has 1 amide bonds. The third-order valence-corrected chi connectivity index (χ3v) is 6.57. The number of hydrogen-bond donors (Lipinski definition) is 2. The maximum atomic E-state index is 12.0. The van der Waals surface area contributed by atoms with E-state index in [2.05, 4.69) is 16.2 Å². The van der Waals surface area contributed by atoms with E-state index < -0.39 is 6.61 Å². The molecule has 0 bridgehead atoms. The number of carbonyl (C=O) groups excluding carboxylic acids is 1. The number of benzene rings is 2. The quantitative estimate of drug-likeness (QED) is 0.411. The summed E-state index contributed by atoms with van der Waals surface area (Å²) < 4.78 is 5.89. The van der Waals surface area contributed by atoms with Crippen LogP contribution in [-0.2, 0) is 4.79 Å². The Hall–Kier alpha value is -4.55. The van der Waals surface area contributed by atoms with Crippen LogP contribution in [0.25, 0.3) is 22.5 Å². The summed E-state index contributed by atoms with van der Waals surface area (Å²) in [4.78, 5) is 22.6. The minimum Gasteiger partial charge on any atom is -0.424 e. The molecule has 4 aromatic rings. The summed E-state index contributed by atoms with van der Waals surface area (Å²) in [5.74, 6) is 0.362. The number of aliphatic hydroxyl groups is 1. The van der Waals surface area contributed by atoms with Gasteiger partial charge < -0.3 is 14.7 Å². The van der Waals surface area contributed by atoms with E-state index in [0.717, 1.165) is 40.9 Å². The van der Waals surface area contributed by atoms with Crippen molar-refractivity contribution in [1.82, 2.24) is 25.1 Å². The Kier molecular flexibility index (Phi) is 6.92. The highest BCUT2D eigenvalue weighted by molar-refractivity contribution is 5.81. The Morgan fingerprint density at radius 3 is 2.70 bits per heavy atom. The van der Waals surface area contributed by atoms with E-state index in [0.29, 0.717) is 30.1 Å². The number of ether oxygens (including phenoxy) is 1. The molecule has 37 heavy (non-hydrogen) atoms. The van der Waals surface area contributed by atoms with Crippen molar-refractivity contribution in [3.63, 3.8) is 0 Å². The molecule has 0 atom stereocenters. The average molecular weight is 495 g/mol. The van der Waals surface area contributed by atoms with E-state index in [-0.39, 0.29) is 17.8 Å². The van der Waals surface area contributed by atoms with Gasteiger partial charge in [0.2, 0.25) is 5.91 Å². The number of nitrogens with zero attached hydrogens (tertiary/aromatic N) is 5. The van der Waals surface area contributed by atoms with Crippen LogP contribution in [0.3, 0.4) is 0 Å². The largest absolute Gasteiger partial charge is 0.424 e. The molecule has 186 valence electrons. The Morgan fingerprint density at radius 1 is 1.19 bits per heavy atom. The lowest BCUT2D eigenvalue weighted by Gasteiger charge is -2.31. The number of rotatable bonds is 6. The fourth-order valence-corrected chi connectivity index (χ4v) is 4.61.